The van der Waals surface area contributed by atoms with Crippen molar-refractivity contribution in [3.63, 3.8) is 0 Å². The van der Waals surface area contributed by atoms with Gasteiger partial charge in [-0.25, -0.2) is 22.8 Å². The van der Waals surface area contributed by atoms with Crippen LogP contribution in [-0.4, -0.2) is 42.5 Å². The topological polar surface area (TPSA) is 97.6 Å². The molecule has 0 aliphatic carbocycles. The number of halogens is 2. The van der Waals surface area contributed by atoms with E-state index in [4.69, 9.17) is 23.5 Å². The molecule has 51 heavy (non-hydrogen) atoms. The molecule has 2 unspecified atom stereocenters. The maximum absolute atomic E-state index is 14.2. The Morgan fingerprint density at radius 3 is 2.35 bits per heavy atom. The van der Waals surface area contributed by atoms with E-state index in [-0.39, 0.29) is 41.3 Å². The number of fused-ring (bicyclic) bond motifs is 1. The lowest BCUT2D eigenvalue weighted by Crippen LogP contribution is -2.36. The van der Waals surface area contributed by atoms with E-state index in [0.717, 1.165) is 38.8 Å². The van der Waals surface area contributed by atoms with Gasteiger partial charge in [0.2, 0.25) is 0 Å². The fourth-order valence-corrected chi connectivity index (χ4v) is 7.97. The fourth-order valence-electron chi connectivity index (χ4n) is 6.52. The summed E-state index contributed by atoms with van der Waals surface area (Å²) in [6, 6.07) is 6.56. The lowest BCUT2D eigenvalue weighted by Gasteiger charge is -2.24. The van der Waals surface area contributed by atoms with E-state index >= 15 is 0 Å². The third-order valence-electron chi connectivity index (χ3n) is 9.73. The third kappa shape index (κ3) is 7.64. The normalized spacial score (nSPS) is 13.8. The van der Waals surface area contributed by atoms with Gasteiger partial charge >= 0.3 is 0 Å². The number of furan rings is 1. The molecule has 0 aliphatic heterocycles. The van der Waals surface area contributed by atoms with Gasteiger partial charge in [-0.3, -0.25) is 0 Å². The predicted octanol–water partition coefficient (Wildman–Crippen LogP) is 9.74. The molecule has 0 fully saturated rings. The number of nitrogens with one attached hydrogen (secondary N) is 1. The predicted molar refractivity (Wildman–Crippen MR) is 206 cm³/mol. The molecule has 2 atom stereocenters. The summed E-state index contributed by atoms with van der Waals surface area (Å²) in [5.41, 5.74) is 7.45. The monoisotopic (exact) mass is 736 g/mol. The number of rotatable bonds is 12. The van der Waals surface area contributed by atoms with Crippen LogP contribution in [0.3, 0.4) is 0 Å². The van der Waals surface area contributed by atoms with Gasteiger partial charge in [0.25, 0.3) is 0 Å². The average Bonchev–Trinajstić information content (AvgIpc) is 3.48. The second kappa shape index (κ2) is 14.9. The molecule has 2 heterocycles. The van der Waals surface area contributed by atoms with Crippen LogP contribution in [0, 0.1) is 47.4 Å². The van der Waals surface area contributed by atoms with E-state index in [1.54, 1.807) is 39.6 Å². The second-order valence-electron chi connectivity index (χ2n) is 13.7. The van der Waals surface area contributed by atoms with Crippen LogP contribution in [0.25, 0.3) is 22.2 Å². The summed E-state index contributed by atoms with van der Waals surface area (Å²) < 4.78 is 70.1. The largest absolute Gasteiger partial charge is 0.487 e. The molecular weight excluding hydrogens is 687 g/mol. The molecule has 272 valence electrons. The summed E-state index contributed by atoms with van der Waals surface area (Å²) in [6.45, 7) is 18.7. The Morgan fingerprint density at radius 2 is 1.67 bits per heavy atom. The van der Waals surface area contributed by atoms with Gasteiger partial charge in [0.05, 0.1) is 29.8 Å². The Morgan fingerprint density at radius 1 is 0.961 bits per heavy atom. The van der Waals surface area contributed by atoms with Gasteiger partial charge in [-0.1, -0.05) is 11.6 Å². The zero-order valence-electron chi connectivity index (χ0n) is 33.2. The molecule has 5 aromatic rings. The van der Waals surface area contributed by atoms with Crippen molar-refractivity contribution in [2.45, 2.75) is 92.4 Å². The number of ether oxygens (including phenoxy) is 1. The van der Waals surface area contributed by atoms with E-state index in [1.807, 2.05) is 53.7 Å². The molecule has 0 spiro atoms. The molecule has 8 nitrogen and oxygen atoms in total. The number of aryl methyl sites for hydroxylation is 4. The van der Waals surface area contributed by atoms with Gasteiger partial charge in [-0.05, 0) is 145 Å². The number of sulfone groups is 1. The Kier molecular flexibility index (Phi) is 10.4. The van der Waals surface area contributed by atoms with Gasteiger partial charge in [0.1, 0.15) is 41.8 Å². The van der Waals surface area contributed by atoms with Gasteiger partial charge in [0.15, 0.2) is 9.84 Å². The van der Waals surface area contributed by atoms with Gasteiger partial charge in [0, 0.05) is 30.2 Å². The fraction of sp³-hybridized carbons (Fsp3) is 0.400. The zero-order valence-corrected chi connectivity index (χ0v) is 32.7. The van der Waals surface area contributed by atoms with Crippen molar-refractivity contribution < 1.29 is 24.7 Å². The van der Waals surface area contributed by atoms with Crippen LogP contribution in [0.1, 0.15) is 81.2 Å². The standard InChI is InChI=1S/C40H48ClFN4O4S/c1-21(2)51(47,48)26(7)18-43-29(10)39-25(6)15-36(50-39)37-24(5)13-33-38(28(37)9)40(45-20-44-33)46(11)34-17-32(41)35(14-23(34)4)49-19-30-16-31(42)12-22(3)27(30)8/h12-17,20-21,26,29,43H,18-19H2,1-11H3/i14D,17D. The Balaban J connectivity index is 1.52. The Labute approximate surface area is 309 Å². The molecule has 1 N–H and O–H groups in total. The van der Waals surface area contributed by atoms with Crippen LogP contribution in [0.2, 0.25) is 5.02 Å². The number of hydrogen-bond donors (Lipinski definition) is 1. The van der Waals surface area contributed by atoms with Crippen molar-refractivity contribution in [3.05, 3.63) is 98.2 Å². The lowest BCUT2D eigenvalue weighted by atomic mass is 9.96. The summed E-state index contributed by atoms with van der Waals surface area (Å²) in [5.74, 6) is 1.56. The van der Waals surface area contributed by atoms with Crippen LogP contribution in [-0.2, 0) is 16.4 Å². The third-order valence-corrected chi connectivity index (χ3v) is 12.6. The molecule has 3 aromatic carbocycles. The first-order chi connectivity index (χ1) is 24.8. The summed E-state index contributed by atoms with van der Waals surface area (Å²) in [5, 5.41) is 3.05. The van der Waals surface area contributed by atoms with Crippen molar-refractivity contribution in [2.75, 3.05) is 18.5 Å². The van der Waals surface area contributed by atoms with Crippen LogP contribution < -0.4 is 15.0 Å². The molecule has 11 heteroatoms. The van der Waals surface area contributed by atoms with Crippen LogP contribution in [0.5, 0.6) is 5.75 Å². The molecule has 0 amide bonds. The maximum Gasteiger partial charge on any atom is 0.156 e. The number of aromatic nitrogens is 2. The number of nitrogens with zero attached hydrogens (tertiary/aromatic N) is 3. The molecule has 0 radical (unpaired) electrons. The summed E-state index contributed by atoms with van der Waals surface area (Å²) in [4.78, 5) is 11.0. The van der Waals surface area contributed by atoms with Crippen molar-refractivity contribution in [3.8, 4) is 17.1 Å². The van der Waals surface area contributed by atoms with Crippen LogP contribution in [0.15, 0.2) is 47.1 Å². The van der Waals surface area contributed by atoms with Crippen molar-refractivity contribution in [2.24, 2.45) is 0 Å². The van der Waals surface area contributed by atoms with E-state index < -0.39 is 20.3 Å². The molecule has 0 aliphatic rings. The highest BCUT2D eigenvalue weighted by molar-refractivity contribution is 7.92. The molecular formula is C40H48ClFN4O4S. The molecule has 0 saturated carbocycles. The first kappa shape index (κ1) is 35.4. The quantitative estimate of drug-likeness (QED) is 0.135. The SMILES string of the molecule is [2H]c1c(C)c(N(C)c2ncnc3cc(C)c(-c4cc(C)c(C(C)NCC(C)S(=O)(=O)C(C)C)o4)c(C)c23)c([2H])c(Cl)c1OCc1cc(F)cc(C)c1C. The highest BCUT2D eigenvalue weighted by atomic mass is 35.5. The zero-order chi connectivity index (χ0) is 39.3. The summed E-state index contributed by atoms with van der Waals surface area (Å²) >= 11 is 6.76. The highest BCUT2D eigenvalue weighted by Crippen LogP contribution is 2.41. The number of benzene rings is 3. The summed E-state index contributed by atoms with van der Waals surface area (Å²) in [7, 11) is -1.47. The minimum absolute atomic E-state index is 0.00998. The Hall–Kier alpha value is -3.99. The van der Waals surface area contributed by atoms with E-state index in [2.05, 4.69) is 15.3 Å². The Bertz CT molecular complexity index is 2300. The maximum atomic E-state index is 14.2. The minimum Gasteiger partial charge on any atom is -0.487 e. The smallest absolute Gasteiger partial charge is 0.156 e. The van der Waals surface area contributed by atoms with Crippen molar-refractivity contribution in [1.29, 1.82) is 0 Å². The second-order valence-corrected chi connectivity index (χ2v) is 17.0. The molecule has 2 aromatic heterocycles. The van der Waals surface area contributed by atoms with Crippen LogP contribution in [0.4, 0.5) is 15.9 Å². The van der Waals surface area contributed by atoms with Gasteiger partial charge in [-0.2, -0.15) is 0 Å². The number of hydrogen-bond acceptors (Lipinski definition) is 8. The molecule has 5 rings (SSSR count). The average molecular weight is 737 g/mol. The lowest BCUT2D eigenvalue weighted by molar-refractivity contribution is 0.304. The number of anilines is 2. The van der Waals surface area contributed by atoms with Crippen LogP contribution >= 0.6 is 11.6 Å². The minimum atomic E-state index is -3.25. The molecule has 0 bridgehead atoms. The molecule has 0 saturated heterocycles. The van der Waals surface area contributed by atoms with E-state index in [9.17, 15) is 12.8 Å². The van der Waals surface area contributed by atoms with E-state index in [0.29, 0.717) is 46.2 Å². The van der Waals surface area contributed by atoms with Crippen molar-refractivity contribution >= 4 is 43.8 Å². The first-order valence-corrected chi connectivity index (χ1v) is 19.0. The van der Waals surface area contributed by atoms with Gasteiger partial charge in [-0.15, -0.1) is 0 Å². The van der Waals surface area contributed by atoms with E-state index in [1.165, 1.54) is 18.5 Å². The van der Waals surface area contributed by atoms with Gasteiger partial charge < -0.3 is 19.4 Å². The first-order valence-electron chi connectivity index (χ1n) is 18.0. The highest BCUT2D eigenvalue weighted by Gasteiger charge is 2.27. The summed E-state index contributed by atoms with van der Waals surface area (Å²) in [6.07, 6.45) is 1.47. The van der Waals surface area contributed by atoms with Crippen molar-refractivity contribution in [1.82, 2.24) is 15.3 Å².